The Balaban J connectivity index is 2.12. The van der Waals surface area contributed by atoms with E-state index < -0.39 is 10.0 Å². The lowest BCUT2D eigenvalue weighted by Gasteiger charge is -2.16. The first kappa shape index (κ1) is 12.9. The second kappa shape index (κ2) is 5.82. The molecule has 90 valence electrons. The van der Waals surface area contributed by atoms with Gasteiger partial charge in [-0.1, -0.05) is 6.92 Å². The standard InChI is InChI=1S/C10H21NO3S/c1-3-8-15(12,13)11(2)6-7-14-9-10-4-5-10/h10H,3-9H2,1-2H3. The predicted molar refractivity (Wildman–Crippen MR) is 60.3 cm³/mol. The van der Waals surface area contributed by atoms with Gasteiger partial charge in [-0.15, -0.1) is 0 Å². The van der Waals surface area contributed by atoms with Gasteiger partial charge < -0.3 is 4.74 Å². The number of ether oxygens (including phenoxy) is 1. The Morgan fingerprint density at radius 3 is 2.60 bits per heavy atom. The van der Waals surface area contributed by atoms with E-state index in [4.69, 9.17) is 4.74 Å². The van der Waals surface area contributed by atoms with Crippen molar-refractivity contribution in [1.29, 1.82) is 0 Å². The van der Waals surface area contributed by atoms with Gasteiger partial charge in [-0.05, 0) is 25.2 Å². The Morgan fingerprint density at radius 1 is 1.40 bits per heavy atom. The highest BCUT2D eigenvalue weighted by molar-refractivity contribution is 7.89. The quantitative estimate of drug-likeness (QED) is 0.592. The second-order valence-corrected chi connectivity index (χ2v) is 6.35. The van der Waals surface area contributed by atoms with Crippen molar-refractivity contribution in [3.05, 3.63) is 0 Å². The fourth-order valence-corrected chi connectivity index (χ4v) is 2.46. The number of nitrogens with zero attached hydrogens (tertiary/aromatic N) is 1. The van der Waals surface area contributed by atoms with Crippen molar-refractivity contribution in [3.8, 4) is 0 Å². The molecule has 1 saturated carbocycles. The van der Waals surface area contributed by atoms with Crippen LogP contribution < -0.4 is 0 Å². The maximum absolute atomic E-state index is 11.5. The van der Waals surface area contributed by atoms with E-state index in [2.05, 4.69) is 0 Å². The zero-order valence-corrected chi connectivity index (χ0v) is 10.4. The van der Waals surface area contributed by atoms with Gasteiger partial charge in [0.05, 0.1) is 12.4 Å². The fraction of sp³-hybridized carbons (Fsp3) is 1.00. The van der Waals surface area contributed by atoms with Gasteiger partial charge in [0.25, 0.3) is 0 Å². The average Bonchev–Trinajstić information content (AvgIpc) is 2.95. The molecule has 0 unspecified atom stereocenters. The van der Waals surface area contributed by atoms with E-state index >= 15 is 0 Å². The smallest absolute Gasteiger partial charge is 0.213 e. The molecule has 5 heteroatoms. The molecule has 0 aromatic heterocycles. The molecule has 1 fully saturated rings. The van der Waals surface area contributed by atoms with Crippen LogP contribution in [0.4, 0.5) is 0 Å². The van der Waals surface area contributed by atoms with Crippen molar-refractivity contribution in [2.24, 2.45) is 5.92 Å². The molecule has 0 radical (unpaired) electrons. The number of sulfonamides is 1. The van der Waals surface area contributed by atoms with E-state index in [0.717, 1.165) is 12.5 Å². The van der Waals surface area contributed by atoms with E-state index in [1.54, 1.807) is 7.05 Å². The van der Waals surface area contributed by atoms with Crippen LogP contribution in [0.1, 0.15) is 26.2 Å². The summed E-state index contributed by atoms with van der Waals surface area (Å²) in [4.78, 5) is 0. The van der Waals surface area contributed by atoms with E-state index in [-0.39, 0.29) is 5.75 Å². The van der Waals surface area contributed by atoms with Crippen molar-refractivity contribution in [3.63, 3.8) is 0 Å². The fourth-order valence-electron chi connectivity index (χ4n) is 1.28. The van der Waals surface area contributed by atoms with Gasteiger partial charge in [-0.25, -0.2) is 12.7 Å². The van der Waals surface area contributed by atoms with E-state index in [1.807, 2.05) is 6.92 Å². The Hall–Kier alpha value is -0.130. The van der Waals surface area contributed by atoms with Crippen LogP contribution in [0, 0.1) is 5.92 Å². The summed E-state index contributed by atoms with van der Waals surface area (Å²) in [6.45, 7) is 3.64. The van der Waals surface area contributed by atoms with Crippen molar-refractivity contribution >= 4 is 10.0 Å². The lowest BCUT2D eigenvalue weighted by atomic mass is 10.5. The lowest BCUT2D eigenvalue weighted by Crippen LogP contribution is -2.32. The van der Waals surface area contributed by atoms with Crippen molar-refractivity contribution in [2.75, 3.05) is 32.6 Å². The summed E-state index contributed by atoms with van der Waals surface area (Å²) in [6, 6.07) is 0. The van der Waals surface area contributed by atoms with Crippen LogP contribution in [0.2, 0.25) is 0 Å². The summed E-state index contributed by atoms with van der Waals surface area (Å²) in [5.41, 5.74) is 0. The van der Waals surface area contributed by atoms with Gasteiger partial charge in [0.2, 0.25) is 10.0 Å². The third-order valence-corrected chi connectivity index (χ3v) is 4.59. The SMILES string of the molecule is CCCS(=O)(=O)N(C)CCOCC1CC1. The molecular weight excluding hydrogens is 214 g/mol. The van der Waals surface area contributed by atoms with Gasteiger partial charge in [-0.3, -0.25) is 0 Å². The van der Waals surface area contributed by atoms with Gasteiger partial charge in [0, 0.05) is 20.2 Å². The first-order valence-electron chi connectivity index (χ1n) is 5.58. The van der Waals surface area contributed by atoms with Crippen LogP contribution >= 0.6 is 0 Å². The number of likely N-dealkylation sites (N-methyl/N-ethyl adjacent to an activating group) is 1. The summed E-state index contributed by atoms with van der Waals surface area (Å²) < 4.78 is 29.9. The molecule has 1 aliphatic carbocycles. The summed E-state index contributed by atoms with van der Waals surface area (Å²) >= 11 is 0. The molecule has 1 rings (SSSR count). The zero-order chi connectivity index (χ0) is 11.3. The average molecular weight is 235 g/mol. The summed E-state index contributed by atoms with van der Waals surface area (Å²) in [5.74, 6) is 0.967. The molecule has 0 amide bonds. The van der Waals surface area contributed by atoms with Crippen LogP contribution in [0.15, 0.2) is 0 Å². The first-order valence-corrected chi connectivity index (χ1v) is 7.19. The number of rotatable bonds is 8. The number of hydrogen-bond acceptors (Lipinski definition) is 3. The molecule has 0 saturated heterocycles. The molecule has 4 nitrogen and oxygen atoms in total. The normalized spacial score (nSPS) is 17.3. The van der Waals surface area contributed by atoms with Gasteiger partial charge >= 0.3 is 0 Å². The van der Waals surface area contributed by atoms with Gasteiger partial charge in [0.1, 0.15) is 0 Å². The van der Waals surface area contributed by atoms with Gasteiger partial charge in [-0.2, -0.15) is 0 Å². The monoisotopic (exact) mass is 235 g/mol. The third-order valence-electron chi connectivity index (χ3n) is 2.54. The highest BCUT2D eigenvalue weighted by Crippen LogP contribution is 2.28. The highest BCUT2D eigenvalue weighted by atomic mass is 32.2. The molecule has 0 N–H and O–H groups in total. The Morgan fingerprint density at radius 2 is 2.07 bits per heavy atom. The molecule has 1 aliphatic rings. The van der Waals surface area contributed by atoms with Crippen LogP contribution in [0.5, 0.6) is 0 Å². The predicted octanol–water partition coefficient (Wildman–Crippen LogP) is 1.08. The van der Waals surface area contributed by atoms with Crippen LogP contribution in [-0.2, 0) is 14.8 Å². The largest absolute Gasteiger partial charge is 0.380 e. The second-order valence-electron chi connectivity index (χ2n) is 4.16. The van der Waals surface area contributed by atoms with Crippen LogP contribution in [-0.4, -0.2) is 45.3 Å². The van der Waals surface area contributed by atoms with Crippen molar-refractivity contribution in [1.82, 2.24) is 4.31 Å². The summed E-state index contributed by atoms with van der Waals surface area (Å²) in [6.07, 6.45) is 3.20. The van der Waals surface area contributed by atoms with Crippen LogP contribution in [0.3, 0.4) is 0 Å². The lowest BCUT2D eigenvalue weighted by molar-refractivity contribution is 0.117. The molecule has 0 bridgehead atoms. The highest BCUT2D eigenvalue weighted by Gasteiger charge is 2.21. The zero-order valence-electron chi connectivity index (χ0n) is 9.61. The number of hydrogen-bond donors (Lipinski definition) is 0. The summed E-state index contributed by atoms with van der Waals surface area (Å²) in [5, 5.41) is 0. The molecule has 0 heterocycles. The molecule has 0 aromatic carbocycles. The molecule has 15 heavy (non-hydrogen) atoms. The van der Waals surface area contributed by atoms with Crippen molar-refractivity contribution in [2.45, 2.75) is 26.2 Å². The maximum Gasteiger partial charge on any atom is 0.213 e. The third kappa shape index (κ3) is 4.95. The minimum atomic E-state index is -3.04. The molecule has 0 aromatic rings. The van der Waals surface area contributed by atoms with Gasteiger partial charge in [0.15, 0.2) is 0 Å². The minimum Gasteiger partial charge on any atom is -0.380 e. The van der Waals surface area contributed by atoms with E-state index in [0.29, 0.717) is 19.6 Å². The van der Waals surface area contributed by atoms with Crippen molar-refractivity contribution < 1.29 is 13.2 Å². The molecule has 0 spiro atoms. The van der Waals surface area contributed by atoms with Crippen LogP contribution in [0.25, 0.3) is 0 Å². The first-order chi connectivity index (χ1) is 7.06. The molecule has 0 aliphatic heterocycles. The van der Waals surface area contributed by atoms with E-state index in [1.165, 1.54) is 17.1 Å². The Bertz CT molecular complexity index is 272. The molecule has 0 atom stereocenters. The maximum atomic E-state index is 11.5. The topological polar surface area (TPSA) is 46.6 Å². The summed E-state index contributed by atoms with van der Waals surface area (Å²) in [7, 11) is -1.43. The minimum absolute atomic E-state index is 0.228. The Labute approximate surface area is 92.7 Å². The van der Waals surface area contributed by atoms with E-state index in [9.17, 15) is 8.42 Å². The molecular formula is C10H21NO3S. The Kier molecular flexibility index (Phi) is 5.02.